The van der Waals surface area contributed by atoms with Gasteiger partial charge in [-0.2, -0.15) is 0 Å². The van der Waals surface area contributed by atoms with E-state index >= 15 is 0 Å². The molecule has 33 heavy (non-hydrogen) atoms. The number of hydrogen-bond acceptors (Lipinski definition) is 8. The number of Topliss-reactive ketones (excluding diaryl/α,β-unsaturated/α-hetero) is 1. The topological polar surface area (TPSA) is 90.9 Å². The maximum absolute atomic E-state index is 13.5. The van der Waals surface area contributed by atoms with Crippen molar-refractivity contribution in [2.45, 2.75) is 38.5 Å². The molecule has 0 bridgehead atoms. The number of allylic oxidation sites excluding steroid dienone is 3. The number of nitrogens with one attached hydrogen (secondary N) is 1. The second kappa shape index (κ2) is 9.23. The summed E-state index contributed by atoms with van der Waals surface area (Å²) < 4.78 is 15.7. The fraction of sp³-hybridized carbons (Fsp3) is 0.320. The summed E-state index contributed by atoms with van der Waals surface area (Å²) >= 11 is 1.64. The molecule has 0 unspecified atom stereocenters. The maximum Gasteiger partial charge on any atom is 0.336 e. The fourth-order valence-corrected chi connectivity index (χ4v) is 5.41. The lowest BCUT2D eigenvalue weighted by molar-refractivity contribution is -0.136. The predicted molar refractivity (Wildman–Crippen MR) is 123 cm³/mol. The van der Waals surface area contributed by atoms with E-state index in [1.165, 1.54) is 26.0 Å². The lowest BCUT2D eigenvalue weighted by atomic mass is 9.72. The number of thiophene rings is 1. The summed E-state index contributed by atoms with van der Waals surface area (Å²) in [5, 5.41) is 5.33. The number of methoxy groups -OCH3 is 2. The van der Waals surface area contributed by atoms with Crippen molar-refractivity contribution in [3.63, 3.8) is 0 Å². The highest BCUT2D eigenvalue weighted by Crippen LogP contribution is 2.47. The second-order valence-electron chi connectivity index (χ2n) is 8.03. The van der Waals surface area contributed by atoms with Crippen molar-refractivity contribution in [3.8, 4) is 11.5 Å². The van der Waals surface area contributed by atoms with Crippen LogP contribution >= 0.6 is 11.3 Å². The Labute approximate surface area is 196 Å². The Kier molecular flexibility index (Phi) is 6.37. The minimum absolute atomic E-state index is 0.0101. The van der Waals surface area contributed by atoms with Crippen molar-refractivity contribution in [1.82, 2.24) is 5.32 Å². The van der Waals surface area contributed by atoms with Crippen molar-refractivity contribution in [2.24, 2.45) is 0 Å². The van der Waals surface area contributed by atoms with Gasteiger partial charge in [-0.15, -0.1) is 11.3 Å². The van der Waals surface area contributed by atoms with Crippen LogP contribution in [0.25, 0.3) is 0 Å². The van der Waals surface area contributed by atoms with Crippen molar-refractivity contribution < 1.29 is 28.6 Å². The molecular formula is C25H25NO6S. The number of dihydropyridines is 1. The van der Waals surface area contributed by atoms with E-state index in [4.69, 9.17) is 14.2 Å². The standard InChI is InChI=1S/C25H25NO6S/c1-13-22(25(29)31-4)23(15-7-8-19(32-14(2)27)20(12-15)30-3)24-17(26-13)10-16(11-18(24)28)21-6-5-9-33-21/h5-9,12,16,23,26H,10-11H2,1-4H3/t16-,23-/m1/s1. The summed E-state index contributed by atoms with van der Waals surface area (Å²) in [4.78, 5) is 38.9. The average Bonchev–Trinajstić information content (AvgIpc) is 3.32. The highest BCUT2D eigenvalue weighted by atomic mass is 32.1. The van der Waals surface area contributed by atoms with Gasteiger partial charge >= 0.3 is 11.9 Å². The summed E-state index contributed by atoms with van der Waals surface area (Å²) in [6.45, 7) is 3.12. The average molecular weight is 468 g/mol. The molecule has 172 valence electrons. The van der Waals surface area contributed by atoms with E-state index in [1.807, 2.05) is 18.4 Å². The van der Waals surface area contributed by atoms with Crippen LogP contribution in [0.4, 0.5) is 0 Å². The Balaban J connectivity index is 1.83. The first-order chi connectivity index (χ1) is 15.8. The molecule has 1 aliphatic carbocycles. The Hall–Kier alpha value is -3.39. The Bertz CT molecular complexity index is 1180. The Morgan fingerprint density at radius 1 is 1.12 bits per heavy atom. The van der Waals surface area contributed by atoms with Gasteiger partial charge in [0.2, 0.25) is 0 Å². The third kappa shape index (κ3) is 4.30. The number of benzene rings is 1. The third-order valence-electron chi connectivity index (χ3n) is 5.95. The smallest absolute Gasteiger partial charge is 0.336 e. The van der Waals surface area contributed by atoms with Crippen LogP contribution in [0, 0.1) is 0 Å². The van der Waals surface area contributed by atoms with E-state index in [2.05, 4.69) is 11.4 Å². The van der Waals surface area contributed by atoms with Gasteiger partial charge in [-0.05, 0) is 42.5 Å². The molecule has 4 rings (SSSR count). The monoisotopic (exact) mass is 467 g/mol. The van der Waals surface area contributed by atoms with Crippen molar-refractivity contribution in [1.29, 1.82) is 0 Å². The molecule has 1 N–H and O–H groups in total. The molecule has 0 saturated carbocycles. The number of carbonyl (C=O) groups excluding carboxylic acids is 3. The van der Waals surface area contributed by atoms with Gasteiger partial charge in [0.25, 0.3) is 0 Å². The van der Waals surface area contributed by atoms with Crippen molar-refractivity contribution in [2.75, 3.05) is 14.2 Å². The predicted octanol–water partition coefficient (Wildman–Crippen LogP) is 4.22. The zero-order chi connectivity index (χ0) is 23.7. The molecular weight excluding hydrogens is 442 g/mol. The first-order valence-electron chi connectivity index (χ1n) is 10.6. The molecule has 1 aromatic carbocycles. The Morgan fingerprint density at radius 2 is 1.91 bits per heavy atom. The number of hydrogen-bond donors (Lipinski definition) is 1. The molecule has 0 fully saturated rings. The number of ether oxygens (including phenoxy) is 3. The summed E-state index contributed by atoms with van der Waals surface area (Å²) in [7, 11) is 2.79. The van der Waals surface area contributed by atoms with Crippen molar-refractivity contribution >= 4 is 29.1 Å². The lowest BCUT2D eigenvalue weighted by Crippen LogP contribution is -2.35. The minimum Gasteiger partial charge on any atom is -0.493 e. The quantitative estimate of drug-likeness (QED) is 0.520. The first kappa shape index (κ1) is 22.8. The van der Waals surface area contributed by atoms with Crippen LogP contribution in [-0.4, -0.2) is 31.9 Å². The van der Waals surface area contributed by atoms with Gasteiger partial charge < -0.3 is 19.5 Å². The van der Waals surface area contributed by atoms with Crippen LogP contribution in [0.15, 0.2) is 58.3 Å². The zero-order valence-corrected chi connectivity index (χ0v) is 19.7. The van der Waals surface area contributed by atoms with Gasteiger partial charge in [0.1, 0.15) is 0 Å². The SMILES string of the molecule is COC(=O)C1=C(C)NC2=C(C(=O)C[C@H](c3cccs3)C2)[C@@H]1c1ccc(OC(C)=O)c(OC)c1. The van der Waals surface area contributed by atoms with E-state index in [9.17, 15) is 14.4 Å². The highest BCUT2D eigenvalue weighted by molar-refractivity contribution is 7.10. The molecule has 0 saturated heterocycles. The number of rotatable bonds is 5. The van der Waals surface area contributed by atoms with E-state index in [-0.39, 0.29) is 17.5 Å². The van der Waals surface area contributed by atoms with Gasteiger partial charge in [-0.1, -0.05) is 12.1 Å². The summed E-state index contributed by atoms with van der Waals surface area (Å²) in [6, 6.07) is 9.10. The van der Waals surface area contributed by atoms with Crippen LogP contribution in [0.3, 0.4) is 0 Å². The maximum atomic E-state index is 13.5. The summed E-state index contributed by atoms with van der Waals surface area (Å²) in [5.74, 6) is -0.906. The van der Waals surface area contributed by atoms with E-state index < -0.39 is 17.9 Å². The highest BCUT2D eigenvalue weighted by Gasteiger charge is 2.41. The summed E-state index contributed by atoms with van der Waals surface area (Å²) in [6.07, 6.45) is 1.04. The fourth-order valence-electron chi connectivity index (χ4n) is 4.58. The van der Waals surface area contributed by atoms with Gasteiger partial charge in [0, 0.05) is 47.0 Å². The minimum atomic E-state index is -0.620. The Morgan fingerprint density at radius 3 is 2.55 bits per heavy atom. The molecule has 2 aromatic rings. The molecule has 1 aliphatic heterocycles. The van der Waals surface area contributed by atoms with Crippen LogP contribution in [0.1, 0.15) is 49.0 Å². The molecule has 7 nitrogen and oxygen atoms in total. The van der Waals surface area contributed by atoms with Crippen LogP contribution in [-0.2, 0) is 19.1 Å². The van der Waals surface area contributed by atoms with Gasteiger partial charge in [0.15, 0.2) is 17.3 Å². The van der Waals surface area contributed by atoms with E-state index in [0.717, 1.165) is 5.70 Å². The molecule has 0 amide bonds. The molecule has 1 aromatic heterocycles. The molecule has 8 heteroatoms. The van der Waals surface area contributed by atoms with Gasteiger partial charge in [-0.3, -0.25) is 9.59 Å². The molecule has 2 atom stereocenters. The molecule has 0 spiro atoms. The zero-order valence-electron chi connectivity index (χ0n) is 18.9. The molecule has 2 heterocycles. The molecule has 0 radical (unpaired) electrons. The third-order valence-corrected chi connectivity index (χ3v) is 6.99. The van der Waals surface area contributed by atoms with E-state index in [0.29, 0.717) is 41.0 Å². The van der Waals surface area contributed by atoms with Gasteiger partial charge in [-0.25, -0.2) is 4.79 Å². The first-order valence-corrected chi connectivity index (χ1v) is 11.4. The lowest BCUT2D eigenvalue weighted by Gasteiger charge is -2.36. The van der Waals surface area contributed by atoms with Crippen LogP contribution < -0.4 is 14.8 Å². The second-order valence-corrected chi connectivity index (χ2v) is 9.01. The van der Waals surface area contributed by atoms with Crippen LogP contribution in [0.2, 0.25) is 0 Å². The largest absolute Gasteiger partial charge is 0.493 e. The number of esters is 2. The van der Waals surface area contributed by atoms with Crippen molar-refractivity contribution in [3.05, 3.63) is 68.7 Å². The normalized spacial score (nSPS) is 20.2. The van der Waals surface area contributed by atoms with Crippen LogP contribution in [0.5, 0.6) is 11.5 Å². The summed E-state index contributed by atoms with van der Waals surface area (Å²) in [5.41, 5.74) is 3.09. The van der Waals surface area contributed by atoms with Gasteiger partial charge in [0.05, 0.1) is 19.8 Å². The number of carbonyl (C=O) groups is 3. The van der Waals surface area contributed by atoms with E-state index in [1.54, 1.807) is 29.5 Å². The number of ketones is 1. The molecule has 2 aliphatic rings.